The third-order valence-corrected chi connectivity index (χ3v) is 8.16. The number of hydrogen-bond acceptors (Lipinski definition) is 5. The van der Waals surface area contributed by atoms with Gasteiger partial charge in [0.25, 0.3) is 0 Å². The molecule has 2 N–H and O–H groups in total. The number of piperidine rings is 1. The fourth-order valence-electron chi connectivity index (χ4n) is 5.96. The Hall–Kier alpha value is -2.96. The van der Waals surface area contributed by atoms with E-state index in [9.17, 15) is 15.0 Å². The van der Waals surface area contributed by atoms with Gasteiger partial charge in [-0.15, -0.1) is 0 Å². The molecule has 184 valence electrons. The molecule has 35 heavy (non-hydrogen) atoms. The van der Waals surface area contributed by atoms with Gasteiger partial charge in [-0.1, -0.05) is 30.3 Å². The predicted molar refractivity (Wildman–Crippen MR) is 135 cm³/mol. The number of aromatic nitrogens is 1. The van der Waals surface area contributed by atoms with Crippen LogP contribution in [-0.2, 0) is 4.79 Å². The Labute approximate surface area is 206 Å². The van der Waals surface area contributed by atoms with Crippen LogP contribution in [0.1, 0.15) is 55.3 Å². The fraction of sp³-hybridized carbons (Fsp3) is 0.448. The first-order valence-corrected chi connectivity index (χ1v) is 12.7. The van der Waals surface area contributed by atoms with E-state index in [1.165, 1.54) is 5.56 Å². The summed E-state index contributed by atoms with van der Waals surface area (Å²) in [7, 11) is 1.62. The van der Waals surface area contributed by atoms with E-state index in [-0.39, 0.29) is 11.8 Å². The molecule has 0 amide bonds. The molecule has 1 saturated carbocycles. The molecule has 2 aliphatic rings. The van der Waals surface area contributed by atoms with Crippen molar-refractivity contribution < 1.29 is 19.7 Å². The van der Waals surface area contributed by atoms with Gasteiger partial charge in [0.2, 0.25) is 0 Å². The summed E-state index contributed by atoms with van der Waals surface area (Å²) in [6.07, 6.45) is 5.35. The summed E-state index contributed by atoms with van der Waals surface area (Å²) in [4.78, 5) is 19.0. The van der Waals surface area contributed by atoms with Gasteiger partial charge in [0.15, 0.2) is 0 Å². The van der Waals surface area contributed by atoms with Crippen LogP contribution in [0.5, 0.6) is 5.75 Å². The summed E-state index contributed by atoms with van der Waals surface area (Å²) in [5.74, 6) is 0.285. The highest BCUT2D eigenvalue weighted by Crippen LogP contribution is 2.42. The maximum absolute atomic E-state index is 12.2. The lowest BCUT2D eigenvalue weighted by Gasteiger charge is -2.47. The Morgan fingerprint density at radius 3 is 2.71 bits per heavy atom. The van der Waals surface area contributed by atoms with Crippen molar-refractivity contribution >= 4 is 16.9 Å². The van der Waals surface area contributed by atoms with Crippen molar-refractivity contribution in [3.63, 3.8) is 0 Å². The van der Waals surface area contributed by atoms with Gasteiger partial charge in [-0.3, -0.25) is 14.7 Å². The van der Waals surface area contributed by atoms with Crippen molar-refractivity contribution in [3.8, 4) is 5.75 Å². The lowest BCUT2D eigenvalue weighted by atomic mass is 9.73. The molecule has 0 bridgehead atoms. The molecule has 6 heteroatoms. The Kier molecular flexibility index (Phi) is 7.02. The first kappa shape index (κ1) is 23.8. The summed E-state index contributed by atoms with van der Waals surface area (Å²) in [5, 5.41) is 21.9. The first-order chi connectivity index (χ1) is 17.0. The van der Waals surface area contributed by atoms with Crippen LogP contribution in [0.3, 0.4) is 0 Å². The number of nitrogens with zero attached hydrogens (tertiary/aromatic N) is 2. The number of carboxylic acids is 1. The van der Waals surface area contributed by atoms with E-state index in [0.717, 1.165) is 48.0 Å². The van der Waals surface area contributed by atoms with Crippen LogP contribution in [0, 0.1) is 11.8 Å². The van der Waals surface area contributed by atoms with Gasteiger partial charge in [0.1, 0.15) is 5.75 Å². The van der Waals surface area contributed by atoms with Crippen LogP contribution >= 0.6 is 0 Å². The quantitative estimate of drug-likeness (QED) is 0.477. The van der Waals surface area contributed by atoms with E-state index in [2.05, 4.69) is 34.1 Å². The Morgan fingerprint density at radius 2 is 1.97 bits per heavy atom. The number of benzene rings is 2. The number of rotatable bonds is 8. The second kappa shape index (κ2) is 10.3. The van der Waals surface area contributed by atoms with E-state index in [4.69, 9.17) is 4.74 Å². The molecule has 3 aromatic rings. The summed E-state index contributed by atoms with van der Waals surface area (Å²) >= 11 is 0. The lowest BCUT2D eigenvalue weighted by Crippen LogP contribution is -2.52. The molecular formula is C29H34N2O4. The van der Waals surface area contributed by atoms with E-state index in [0.29, 0.717) is 31.3 Å². The molecule has 2 heterocycles. The normalized spacial score (nSPS) is 25.7. The van der Waals surface area contributed by atoms with Crippen molar-refractivity contribution in [2.75, 3.05) is 20.2 Å². The molecule has 2 aromatic carbocycles. The monoisotopic (exact) mass is 474 g/mol. The van der Waals surface area contributed by atoms with Gasteiger partial charge in [-0.05, 0) is 85.9 Å². The molecule has 0 radical (unpaired) electrons. The standard InChI is InChI=1S/C29H34N2O4/c1-35-23-8-9-27-25(17-23)24(11-13-30-27)28(32)10-7-20-12-14-31(18-26(20)29(33)34)22-15-21(16-22)19-5-3-2-4-6-19/h2-6,8-9,11,13,17,20-22,26,28,32H,7,10,12,14-16,18H2,1H3,(H,33,34)/t20-,21?,22?,26+,28-/m1/s1. The van der Waals surface area contributed by atoms with Crippen LogP contribution < -0.4 is 4.74 Å². The van der Waals surface area contributed by atoms with Crippen LogP contribution in [-0.4, -0.2) is 52.3 Å². The highest BCUT2D eigenvalue weighted by molar-refractivity contribution is 5.83. The number of aliphatic hydroxyl groups is 1. The van der Waals surface area contributed by atoms with Crippen LogP contribution in [0.25, 0.3) is 10.9 Å². The molecule has 1 aliphatic carbocycles. The van der Waals surface area contributed by atoms with E-state index >= 15 is 0 Å². The lowest BCUT2D eigenvalue weighted by molar-refractivity contribution is -0.147. The maximum atomic E-state index is 12.2. The van der Waals surface area contributed by atoms with E-state index in [1.54, 1.807) is 13.3 Å². The number of methoxy groups -OCH3 is 1. The molecule has 0 spiro atoms. The number of ether oxygens (including phenoxy) is 1. The summed E-state index contributed by atoms with van der Waals surface area (Å²) < 4.78 is 5.35. The van der Waals surface area contributed by atoms with Gasteiger partial charge in [-0.25, -0.2) is 0 Å². The van der Waals surface area contributed by atoms with Crippen molar-refractivity contribution in [1.29, 1.82) is 0 Å². The van der Waals surface area contributed by atoms with Crippen LogP contribution in [0.4, 0.5) is 0 Å². The van der Waals surface area contributed by atoms with Gasteiger partial charge in [0, 0.05) is 24.2 Å². The fourth-order valence-corrected chi connectivity index (χ4v) is 5.96. The second-order valence-corrected chi connectivity index (χ2v) is 10.1. The minimum absolute atomic E-state index is 0.0750. The highest BCUT2D eigenvalue weighted by atomic mass is 16.5. The molecule has 3 atom stereocenters. The summed E-state index contributed by atoms with van der Waals surface area (Å²) in [6, 6.07) is 18.6. The Morgan fingerprint density at radius 1 is 1.17 bits per heavy atom. The number of aliphatic hydroxyl groups excluding tert-OH is 1. The second-order valence-electron chi connectivity index (χ2n) is 10.1. The molecule has 1 saturated heterocycles. The van der Waals surface area contributed by atoms with E-state index in [1.807, 2.05) is 30.3 Å². The molecule has 2 fully saturated rings. The minimum Gasteiger partial charge on any atom is -0.497 e. The van der Waals surface area contributed by atoms with Crippen LogP contribution in [0.2, 0.25) is 0 Å². The average molecular weight is 475 g/mol. The van der Waals surface area contributed by atoms with Gasteiger partial charge < -0.3 is 14.9 Å². The zero-order valence-electron chi connectivity index (χ0n) is 20.2. The number of hydrogen-bond donors (Lipinski definition) is 2. The number of carbonyl (C=O) groups is 1. The number of carboxylic acid groups (broad SMARTS) is 1. The topological polar surface area (TPSA) is 82.9 Å². The zero-order chi connectivity index (χ0) is 24.4. The Bertz CT molecular complexity index is 1160. The molecular weight excluding hydrogens is 440 g/mol. The zero-order valence-corrected chi connectivity index (χ0v) is 20.2. The third kappa shape index (κ3) is 5.04. The largest absolute Gasteiger partial charge is 0.497 e. The molecule has 6 nitrogen and oxygen atoms in total. The first-order valence-electron chi connectivity index (χ1n) is 12.7. The van der Waals surface area contributed by atoms with Gasteiger partial charge in [0.05, 0.1) is 24.6 Å². The van der Waals surface area contributed by atoms with Crippen molar-refractivity contribution in [1.82, 2.24) is 9.88 Å². The predicted octanol–water partition coefficient (Wildman–Crippen LogP) is 5.03. The number of fused-ring (bicyclic) bond motifs is 1. The molecule has 0 unspecified atom stereocenters. The minimum atomic E-state index is -0.716. The smallest absolute Gasteiger partial charge is 0.308 e. The highest BCUT2D eigenvalue weighted by Gasteiger charge is 2.41. The summed E-state index contributed by atoms with van der Waals surface area (Å²) in [6.45, 7) is 1.55. The molecule has 1 aliphatic heterocycles. The SMILES string of the molecule is COc1ccc2nccc([C@H](O)CC[C@@H]3CCN(C4CC(c5ccccc5)C4)C[C@@H]3C(=O)O)c2c1. The van der Waals surface area contributed by atoms with Crippen molar-refractivity contribution in [2.45, 2.75) is 50.2 Å². The maximum Gasteiger partial charge on any atom is 0.308 e. The van der Waals surface area contributed by atoms with Gasteiger partial charge >= 0.3 is 5.97 Å². The summed E-state index contributed by atoms with van der Waals surface area (Å²) in [5.41, 5.74) is 3.02. The number of likely N-dealkylation sites (tertiary alicyclic amines) is 1. The molecule has 1 aromatic heterocycles. The van der Waals surface area contributed by atoms with Crippen LogP contribution in [0.15, 0.2) is 60.8 Å². The number of pyridine rings is 1. The average Bonchev–Trinajstić information content (AvgIpc) is 2.86. The Balaban J connectivity index is 1.20. The number of aliphatic carboxylic acids is 1. The van der Waals surface area contributed by atoms with Gasteiger partial charge in [-0.2, -0.15) is 0 Å². The van der Waals surface area contributed by atoms with Crippen molar-refractivity contribution in [3.05, 3.63) is 71.9 Å². The third-order valence-electron chi connectivity index (χ3n) is 8.16. The van der Waals surface area contributed by atoms with E-state index < -0.39 is 12.1 Å². The molecule has 5 rings (SSSR count). The van der Waals surface area contributed by atoms with Crippen molar-refractivity contribution in [2.24, 2.45) is 11.8 Å².